The minimum Gasteiger partial charge on any atom is -0.480 e. The molecule has 114 valence electrons. The molecule has 0 radical (unpaired) electrons. The maximum Gasteiger partial charge on any atom is 0.326 e. The summed E-state index contributed by atoms with van der Waals surface area (Å²) in [5.41, 5.74) is 2.77. The lowest BCUT2D eigenvalue weighted by molar-refractivity contribution is -0.141. The normalized spacial score (nSPS) is 21.4. The fourth-order valence-corrected chi connectivity index (χ4v) is 2.74. The number of aryl methyl sites for hydroxylation is 2. The fourth-order valence-electron chi connectivity index (χ4n) is 2.74. The van der Waals surface area contributed by atoms with E-state index >= 15 is 0 Å². The lowest BCUT2D eigenvalue weighted by Crippen LogP contribution is -2.47. The summed E-state index contributed by atoms with van der Waals surface area (Å²) in [5.74, 6) is -1.09. The number of rotatable bonds is 2. The molecule has 1 aromatic rings. The molecule has 6 heteroatoms. The van der Waals surface area contributed by atoms with Crippen LogP contribution in [0.3, 0.4) is 0 Å². The van der Waals surface area contributed by atoms with Crippen LogP contribution in [0.4, 0.5) is 10.5 Å². The zero-order valence-corrected chi connectivity index (χ0v) is 12.4. The Labute approximate surface area is 123 Å². The van der Waals surface area contributed by atoms with E-state index in [-0.39, 0.29) is 13.0 Å². The van der Waals surface area contributed by atoms with E-state index < -0.39 is 24.1 Å². The Morgan fingerprint density at radius 3 is 2.57 bits per heavy atom. The zero-order valence-electron chi connectivity index (χ0n) is 12.4. The van der Waals surface area contributed by atoms with E-state index in [1.165, 1.54) is 9.80 Å². The third kappa shape index (κ3) is 3.00. The van der Waals surface area contributed by atoms with E-state index in [1.54, 1.807) is 7.05 Å². The summed E-state index contributed by atoms with van der Waals surface area (Å²) in [6.45, 7) is 3.92. The predicted molar refractivity (Wildman–Crippen MR) is 78.5 cm³/mol. The van der Waals surface area contributed by atoms with E-state index in [2.05, 4.69) is 0 Å². The molecule has 21 heavy (non-hydrogen) atoms. The third-order valence-corrected chi connectivity index (χ3v) is 3.81. The van der Waals surface area contributed by atoms with Crippen LogP contribution in [0.2, 0.25) is 0 Å². The van der Waals surface area contributed by atoms with Gasteiger partial charge in [-0.25, -0.2) is 9.59 Å². The summed E-state index contributed by atoms with van der Waals surface area (Å²) in [6.07, 6.45) is -0.718. The number of carbonyl (C=O) groups excluding carboxylic acids is 1. The summed E-state index contributed by atoms with van der Waals surface area (Å²) in [4.78, 5) is 26.4. The highest BCUT2D eigenvalue weighted by atomic mass is 16.4. The predicted octanol–water partition coefficient (Wildman–Crippen LogP) is 1.38. The number of carbonyl (C=O) groups is 2. The van der Waals surface area contributed by atoms with E-state index in [0.717, 1.165) is 16.8 Å². The van der Waals surface area contributed by atoms with Crippen LogP contribution >= 0.6 is 0 Å². The van der Waals surface area contributed by atoms with E-state index in [4.69, 9.17) is 0 Å². The van der Waals surface area contributed by atoms with Crippen LogP contribution in [-0.2, 0) is 4.79 Å². The first-order chi connectivity index (χ1) is 9.81. The van der Waals surface area contributed by atoms with Gasteiger partial charge in [-0.15, -0.1) is 0 Å². The van der Waals surface area contributed by atoms with Gasteiger partial charge in [0.15, 0.2) is 0 Å². The molecule has 1 aliphatic rings. The van der Waals surface area contributed by atoms with Gasteiger partial charge in [-0.1, -0.05) is 17.7 Å². The first-order valence-corrected chi connectivity index (χ1v) is 6.83. The Bertz CT molecular complexity index is 573. The number of urea groups is 1. The van der Waals surface area contributed by atoms with Crippen molar-refractivity contribution in [2.75, 3.05) is 18.5 Å². The molecular formula is C15H20N2O4. The number of hydrogen-bond acceptors (Lipinski definition) is 3. The molecule has 1 heterocycles. The van der Waals surface area contributed by atoms with Crippen molar-refractivity contribution in [3.05, 3.63) is 29.3 Å². The number of likely N-dealkylation sites (tertiary alicyclic amines) is 1. The second kappa shape index (κ2) is 5.73. The van der Waals surface area contributed by atoms with Crippen LogP contribution in [0.25, 0.3) is 0 Å². The van der Waals surface area contributed by atoms with E-state index in [0.29, 0.717) is 0 Å². The highest BCUT2D eigenvalue weighted by Crippen LogP contribution is 2.25. The molecule has 0 aromatic heterocycles. The Hall–Kier alpha value is -2.08. The summed E-state index contributed by atoms with van der Waals surface area (Å²) in [6, 6.07) is 4.32. The van der Waals surface area contributed by atoms with Gasteiger partial charge in [-0.3, -0.25) is 4.90 Å². The van der Waals surface area contributed by atoms with Crippen LogP contribution in [-0.4, -0.2) is 52.9 Å². The van der Waals surface area contributed by atoms with Crippen LogP contribution < -0.4 is 4.90 Å². The summed E-state index contributed by atoms with van der Waals surface area (Å²) >= 11 is 0. The minimum absolute atomic E-state index is 0.0467. The van der Waals surface area contributed by atoms with Crippen molar-refractivity contribution < 1.29 is 19.8 Å². The molecule has 0 unspecified atom stereocenters. The molecule has 2 amide bonds. The summed E-state index contributed by atoms with van der Waals surface area (Å²) in [7, 11) is 1.61. The molecule has 2 N–H and O–H groups in total. The number of amides is 2. The standard InChI is InChI=1S/C15H20N2O4/c1-9-4-5-12(10(2)6-9)16(3)15(21)17-8-11(18)7-13(17)14(19)20/h4-6,11,13,18H,7-8H2,1-3H3,(H,19,20)/t11-,13-/m1/s1. The summed E-state index contributed by atoms with van der Waals surface area (Å²) < 4.78 is 0. The van der Waals surface area contributed by atoms with Crippen LogP contribution in [0.5, 0.6) is 0 Å². The number of hydrogen-bond donors (Lipinski definition) is 2. The van der Waals surface area contributed by atoms with Crippen molar-refractivity contribution in [1.29, 1.82) is 0 Å². The van der Waals surface area contributed by atoms with Crippen LogP contribution in [0, 0.1) is 13.8 Å². The Kier molecular flexibility index (Phi) is 4.18. The molecule has 0 saturated carbocycles. The van der Waals surface area contributed by atoms with Crippen molar-refractivity contribution in [3.8, 4) is 0 Å². The lowest BCUT2D eigenvalue weighted by Gasteiger charge is -2.28. The number of aliphatic hydroxyl groups excluding tert-OH is 1. The molecule has 2 atom stereocenters. The van der Waals surface area contributed by atoms with Crippen LogP contribution in [0.15, 0.2) is 18.2 Å². The highest BCUT2D eigenvalue weighted by Gasteiger charge is 2.40. The fraction of sp³-hybridized carbons (Fsp3) is 0.467. The Balaban J connectivity index is 2.24. The van der Waals surface area contributed by atoms with Crippen molar-refractivity contribution in [2.24, 2.45) is 0 Å². The zero-order chi connectivity index (χ0) is 15.7. The summed E-state index contributed by atoms with van der Waals surface area (Å²) in [5, 5.41) is 18.8. The van der Waals surface area contributed by atoms with Gasteiger partial charge in [0.25, 0.3) is 0 Å². The molecule has 1 aromatic carbocycles. The number of aliphatic hydroxyl groups is 1. The quantitative estimate of drug-likeness (QED) is 0.863. The van der Waals surface area contributed by atoms with Crippen molar-refractivity contribution in [2.45, 2.75) is 32.4 Å². The van der Waals surface area contributed by atoms with Crippen molar-refractivity contribution >= 4 is 17.7 Å². The van der Waals surface area contributed by atoms with Gasteiger partial charge < -0.3 is 15.1 Å². The Morgan fingerprint density at radius 1 is 1.33 bits per heavy atom. The van der Waals surface area contributed by atoms with E-state index in [9.17, 15) is 19.8 Å². The average molecular weight is 292 g/mol. The van der Waals surface area contributed by atoms with Crippen molar-refractivity contribution in [1.82, 2.24) is 4.90 Å². The number of carboxylic acid groups (broad SMARTS) is 1. The van der Waals surface area contributed by atoms with E-state index in [1.807, 2.05) is 32.0 Å². The molecule has 0 bridgehead atoms. The molecule has 2 rings (SSSR count). The van der Waals surface area contributed by atoms with Gasteiger partial charge in [0, 0.05) is 25.7 Å². The first kappa shape index (κ1) is 15.3. The SMILES string of the molecule is Cc1ccc(N(C)C(=O)N2C[C@H](O)C[C@@H]2C(=O)O)c(C)c1. The highest BCUT2D eigenvalue weighted by molar-refractivity contribution is 5.95. The number of anilines is 1. The number of carboxylic acids is 1. The second-order valence-corrected chi connectivity index (χ2v) is 5.53. The number of aliphatic carboxylic acids is 1. The number of benzene rings is 1. The molecule has 0 spiro atoms. The maximum atomic E-state index is 12.5. The van der Waals surface area contributed by atoms with Crippen LogP contribution in [0.1, 0.15) is 17.5 Å². The smallest absolute Gasteiger partial charge is 0.326 e. The molecule has 0 aliphatic carbocycles. The van der Waals surface area contributed by atoms with Gasteiger partial charge in [0.1, 0.15) is 6.04 Å². The largest absolute Gasteiger partial charge is 0.480 e. The van der Waals surface area contributed by atoms with Gasteiger partial charge >= 0.3 is 12.0 Å². The average Bonchev–Trinajstić information content (AvgIpc) is 2.79. The lowest BCUT2D eigenvalue weighted by atomic mass is 10.1. The Morgan fingerprint density at radius 2 is 2.00 bits per heavy atom. The monoisotopic (exact) mass is 292 g/mol. The first-order valence-electron chi connectivity index (χ1n) is 6.83. The molecular weight excluding hydrogens is 272 g/mol. The van der Waals surface area contributed by atoms with Gasteiger partial charge in [-0.2, -0.15) is 0 Å². The van der Waals surface area contributed by atoms with Gasteiger partial charge in [-0.05, 0) is 25.5 Å². The third-order valence-electron chi connectivity index (χ3n) is 3.81. The number of β-amino-alcohol motifs (C(OH)–C–C–N with tert-alkyl or cyclic N) is 1. The van der Waals surface area contributed by atoms with Gasteiger partial charge in [0.2, 0.25) is 0 Å². The minimum atomic E-state index is -1.09. The second-order valence-electron chi connectivity index (χ2n) is 5.53. The molecule has 1 saturated heterocycles. The maximum absolute atomic E-state index is 12.5. The molecule has 6 nitrogen and oxygen atoms in total. The number of nitrogens with zero attached hydrogens (tertiary/aromatic N) is 2. The molecule has 1 fully saturated rings. The van der Waals surface area contributed by atoms with Crippen molar-refractivity contribution in [3.63, 3.8) is 0 Å². The van der Waals surface area contributed by atoms with Gasteiger partial charge in [0.05, 0.1) is 6.10 Å². The topological polar surface area (TPSA) is 81.1 Å². The molecule has 1 aliphatic heterocycles.